The van der Waals surface area contributed by atoms with Crippen molar-refractivity contribution in [3.05, 3.63) is 59.1 Å². The summed E-state index contributed by atoms with van der Waals surface area (Å²) < 4.78 is 5.63. The zero-order valence-corrected chi connectivity index (χ0v) is 13.7. The van der Waals surface area contributed by atoms with Crippen molar-refractivity contribution in [1.29, 1.82) is 0 Å². The summed E-state index contributed by atoms with van der Waals surface area (Å²) in [5, 5.41) is 3.51. The van der Waals surface area contributed by atoms with Crippen LogP contribution in [-0.2, 0) is 4.79 Å². The van der Waals surface area contributed by atoms with Crippen molar-refractivity contribution >= 4 is 23.2 Å². The highest BCUT2D eigenvalue weighted by Crippen LogP contribution is 2.24. The summed E-state index contributed by atoms with van der Waals surface area (Å²) in [6.45, 7) is 5.90. The predicted octanol–water partition coefficient (Wildman–Crippen LogP) is 4.87. The molecule has 1 amide bonds. The van der Waals surface area contributed by atoms with E-state index in [0.717, 1.165) is 11.3 Å². The Labute approximate surface area is 136 Å². The maximum atomic E-state index is 12.3. The maximum Gasteiger partial charge on any atom is 0.265 e. The fraction of sp³-hybridized carbons (Fsp3) is 0.278. The molecule has 3 nitrogen and oxygen atoms in total. The summed E-state index contributed by atoms with van der Waals surface area (Å²) in [4.78, 5) is 12.3. The van der Waals surface area contributed by atoms with E-state index >= 15 is 0 Å². The minimum atomic E-state index is -0.612. The quantitative estimate of drug-likeness (QED) is 0.854. The first-order valence-electron chi connectivity index (χ1n) is 7.29. The smallest absolute Gasteiger partial charge is 0.265 e. The SMILES string of the molecule is CC(C)c1ccccc1NC(=O)[C@H](C)Oc1cccc(Cl)c1. The van der Waals surface area contributed by atoms with E-state index in [2.05, 4.69) is 19.2 Å². The predicted molar refractivity (Wildman–Crippen MR) is 90.7 cm³/mol. The van der Waals surface area contributed by atoms with Gasteiger partial charge in [-0.2, -0.15) is 0 Å². The molecule has 116 valence electrons. The molecule has 0 unspecified atom stereocenters. The molecule has 0 radical (unpaired) electrons. The van der Waals surface area contributed by atoms with Gasteiger partial charge < -0.3 is 10.1 Å². The van der Waals surface area contributed by atoms with Crippen LogP contribution < -0.4 is 10.1 Å². The van der Waals surface area contributed by atoms with Gasteiger partial charge in [0.1, 0.15) is 5.75 Å². The first-order valence-corrected chi connectivity index (χ1v) is 7.67. The number of carbonyl (C=O) groups is 1. The highest BCUT2D eigenvalue weighted by Gasteiger charge is 2.17. The van der Waals surface area contributed by atoms with Gasteiger partial charge in [-0.05, 0) is 42.7 Å². The number of amides is 1. The molecule has 4 heteroatoms. The van der Waals surface area contributed by atoms with Crippen LogP contribution in [0.25, 0.3) is 0 Å². The minimum absolute atomic E-state index is 0.187. The fourth-order valence-electron chi connectivity index (χ4n) is 2.15. The second-order valence-corrected chi connectivity index (χ2v) is 5.89. The van der Waals surface area contributed by atoms with Crippen molar-refractivity contribution in [1.82, 2.24) is 0 Å². The zero-order chi connectivity index (χ0) is 16.1. The molecule has 1 atom stereocenters. The van der Waals surface area contributed by atoms with Gasteiger partial charge in [0.25, 0.3) is 5.91 Å². The summed E-state index contributed by atoms with van der Waals surface area (Å²) in [5.41, 5.74) is 1.93. The second-order valence-electron chi connectivity index (χ2n) is 5.45. The van der Waals surface area contributed by atoms with E-state index < -0.39 is 6.10 Å². The third-order valence-corrected chi connectivity index (χ3v) is 3.55. The van der Waals surface area contributed by atoms with E-state index in [9.17, 15) is 4.79 Å². The second kappa shape index (κ2) is 7.32. The standard InChI is InChI=1S/C18H20ClNO2/c1-12(2)16-9-4-5-10-17(16)20-18(21)13(3)22-15-8-6-7-14(19)11-15/h4-13H,1-3H3,(H,20,21)/t13-/m0/s1. The lowest BCUT2D eigenvalue weighted by molar-refractivity contribution is -0.122. The molecule has 0 saturated carbocycles. The third kappa shape index (κ3) is 4.25. The number of nitrogens with one attached hydrogen (secondary N) is 1. The normalized spacial score (nSPS) is 12.0. The zero-order valence-electron chi connectivity index (χ0n) is 13.0. The molecule has 22 heavy (non-hydrogen) atoms. The number of hydrogen-bond acceptors (Lipinski definition) is 2. The number of benzene rings is 2. The summed E-state index contributed by atoms with van der Waals surface area (Å²) >= 11 is 5.91. The Morgan fingerprint density at radius 3 is 2.50 bits per heavy atom. The van der Waals surface area contributed by atoms with Gasteiger partial charge >= 0.3 is 0 Å². The third-order valence-electron chi connectivity index (χ3n) is 3.32. The largest absolute Gasteiger partial charge is 0.481 e. The van der Waals surface area contributed by atoms with E-state index in [0.29, 0.717) is 16.7 Å². The van der Waals surface area contributed by atoms with Crippen molar-refractivity contribution in [2.45, 2.75) is 32.8 Å². The van der Waals surface area contributed by atoms with Crippen molar-refractivity contribution in [2.75, 3.05) is 5.32 Å². The number of para-hydroxylation sites is 1. The van der Waals surface area contributed by atoms with Crippen molar-refractivity contribution in [3.8, 4) is 5.75 Å². The lowest BCUT2D eigenvalue weighted by Crippen LogP contribution is -2.30. The molecule has 0 aromatic heterocycles. The van der Waals surface area contributed by atoms with Gasteiger partial charge in [-0.25, -0.2) is 0 Å². The molecule has 0 saturated heterocycles. The number of ether oxygens (including phenoxy) is 1. The van der Waals surface area contributed by atoms with Gasteiger partial charge in [-0.15, -0.1) is 0 Å². The molecule has 2 aromatic carbocycles. The molecule has 1 N–H and O–H groups in total. The molecule has 0 aliphatic heterocycles. The molecule has 0 heterocycles. The highest BCUT2D eigenvalue weighted by atomic mass is 35.5. The van der Waals surface area contributed by atoms with Gasteiger partial charge in [-0.1, -0.05) is 49.7 Å². The highest BCUT2D eigenvalue weighted by molar-refractivity contribution is 6.30. The number of rotatable bonds is 5. The minimum Gasteiger partial charge on any atom is -0.481 e. The Kier molecular flexibility index (Phi) is 5.45. The Hall–Kier alpha value is -2.00. The van der Waals surface area contributed by atoms with Crippen LogP contribution in [0.3, 0.4) is 0 Å². The molecular formula is C18H20ClNO2. The van der Waals surface area contributed by atoms with Crippen molar-refractivity contribution in [3.63, 3.8) is 0 Å². The first kappa shape index (κ1) is 16.4. The van der Waals surface area contributed by atoms with Crippen LogP contribution in [-0.4, -0.2) is 12.0 Å². The average Bonchev–Trinajstić information content (AvgIpc) is 2.47. The van der Waals surface area contributed by atoms with Crippen LogP contribution >= 0.6 is 11.6 Å². The summed E-state index contributed by atoms with van der Waals surface area (Å²) in [6.07, 6.45) is -0.612. The van der Waals surface area contributed by atoms with Gasteiger partial charge in [0.05, 0.1) is 0 Å². The lowest BCUT2D eigenvalue weighted by Gasteiger charge is -2.17. The van der Waals surface area contributed by atoms with Crippen LogP contribution in [0.15, 0.2) is 48.5 Å². The van der Waals surface area contributed by atoms with E-state index in [4.69, 9.17) is 16.3 Å². The van der Waals surface area contributed by atoms with Crippen LogP contribution in [0.2, 0.25) is 5.02 Å². The Bertz CT molecular complexity index is 655. The first-order chi connectivity index (χ1) is 10.5. The molecular weight excluding hydrogens is 298 g/mol. The van der Waals surface area contributed by atoms with E-state index in [1.807, 2.05) is 24.3 Å². The monoisotopic (exact) mass is 317 g/mol. The molecule has 0 aliphatic carbocycles. The molecule has 2 rings (SSSR count). The van der Waals surface area contributed by atoms with E-state index in [-0.39, 0.29) is 5.91 Å². The Morgan fingerprint density at radius 2 is 1.82 bits per heavy atom. The molecule has 0 spiro atoms. The average molecular weight is 318 g/mol. The number of halogens is 1. The number of hydrogen-bond donors (Lipinski definition) is 1. The Morgan fingerprint density at radius 1 is 1.09 bits per heavy atom. The molecule has 0 fully saturated rings. The van der Waals surface area contributed by atoms with Crippen LogP contribution in [0.1, 0.15) is 32.3 Å². The van der Waals surface area contributed by atoms with Gasteiger partial charge in [-0.3, -0.25) is 4.79 Å². The molecule has 0 aliphatic rings. The van der Waals surface area contributed by atoms with Crippen molar-refractivity contribution in [2.24, 2.45) is 0 Å². The molecule has 0 bridgehead atoms. The number of anilines is 1. The van der Waals surface area contributed by atoms with Crippen LogP contribution in [0, 0.1) is 0 Å². The van der Waals surface area contributed by atoms with E-state index in [1.165, 1.54) is 0 Å². The Balaban J connectivity index is 2.06. The topological polar surface area (TPSA) is 38.3 Å². The van der Waals surface area contributed by atoms with Crippen LogP contribution in [0.5, 0.6) is 5.75 Å². The fourth-order valence-corrected chi connectivity index (χ4v) is 2.33. The summed E-state index contributed by atoms with van der Waals surface area (Å²) in [5.74, 6) is 0.723. The number of carbonyl (C=O) groups excluding carboxylic acids is 1. The van der Waals surface area contributed by atoms with E-state index in [1.54, 1.807) is 31.2 Å². The van der Waals surface area contributed by atoms with Gasteiger partial charge in [0.15, 0.2) is 6.10 Å². The van der Waals surface area contributed by atoms with Crippen molar-refractivity contribution < 1.29 is 9.53 Å². The lowest BCUT2D eigenvalue weighted by atomic mass is 10.0. The summed E-state index contributed by atoms with van der Waals surface area (Å²) in [6, 6.07) is 14.8. The van der Waals surface area contributed by atoms with Gasteiger partial charge in [0, 0.05) is 10.7 Å². The maximum absolute atomic E-state index is 12.3. The van der Waals surface area contributed by atoms with Crippen LogP contribution in [0.4, 0.5) is 5.69 Å². The van der Waals surface area contributed by atoms with Gasteiger partial charge in [0.2, 0.25) is 0 Å². The molecule has 2 aromatic rings. The summed E-state index contributed by atoms with van der Waals surface area (Å²) in [7, 11) is 0.